The highest BCUT2D eigenvalue weighted by Crippen LogP contribution is 2.39. The van der Waals surface area contributed by atoms with Crippen molar-refractivity contribution in [3.63, 3.8) is 0 Å². The number of rotatable bonds is 3. The zero-order chi connectivity index (χ0) is 12.8. The van der Waals surface area contributed by atoms with E-state index in [1.165, 1.54) is 4.90 Å². The van der Waals surface area contributed by atoms with Crippen LogP contribution in [0.1, 0.15) is 39.5 Å². The second-order valence-electron chi connectivity index (χ2n) is 5.86. The third-order valence-corrected chi connectivity index (χ3v) is 3.68. The molecule has 5 heteroatoms. The van der Waals surface area contributed by atoms with Crippen LogP contribution >= 0.6 is 12.2 Å². The molecule has 0 bridgehead atoms. The zero-order valence-electron chi connectivity index (χ0n) is 10.2. The second-order valence-corrected chi connectivity index (χ2v) is 6.33. The first-order valence-corrected chi connectivity index (χ1v) is 6.37. The number of carbonyl (C=O) groups is 2. The quantitative estimate of drug-likeness (QED) is 0.607. The van der Waals surface area contributed by atoms with Gasteiger partial charge in [0.15, 0.2) is 0 Å². The molecule has 0 aromatic heterocycles. The maximum Gasteiger partial charge on any atom is 0.230 e. The first kappa shape index (κ1) is 12.5. The van der Waals surface area contributed by atoms with Crippen LogP contribution in [-0.4, -0.2) is 27.7 Å². The van der Waals surface area contributed by atoms with E-state index >= 15 is 0 Å². The number of carbonyl (C=O) groups excluding carboxylic acids is 2. The van der Waals surface area contributed by atoms with Crippen LogP contribution in [0.15, 0.2) is 0 Å². The summed E-state index contributed by atoms with van der Waals surface area (Å²) in [6, 6.07) is -0.346. The molecule has 1 aliphatic carbocycles. The summed E-state index contributed by atoms with van der Waals surface area (Å²) >= 11 is 5.01. The Bertz CT molecular complexity index is 368. The third-order valence-electron chi connectivity index (χ3n) is 3.44. The van der Waals surface area contributed by atoms with Crippen LogP contribution in [-0.2, 0) is 9.59 Å². The Labute approximate surface area is 107 Å². The molecule has 0 radical (unpaired) electrons. The number of hydrogen-bond donors (Lipinski definition) is 1. The number of hydrogen-bond acceptors (Lipinski definition) is 3. The number of nitrogens with zero attached hydrogens (tertiary/aromatic N) is 1. The number of thiocarbonyl (C=S) groups is 1. The monoisotopic (exact) mass is 254 g/mol. The molecule has 1 aliphatic heterocycles. The molecule has 94 valence electrons. The van der Waals surface area contributed by atoms with E-state index in [0.29, 0.717) is 18.8 Å². The van der Waals surface area contributed by atoms with Crippen molar-refractivity contribution < 1.29 is 9.59 Å². The Morgan fingerprint density at radius 1 is 1.35 bits per heavy atom. The molecule has 0 aromatic carbocycles. The van der Waals surface area contributed by atoms with E-state index in [0.717, 1.165) is 12.8 Å². The SMILES string of the molecule is CC1(C)CC(=O)N(C(C(N)=S)C2CC2)C(=O)C1. The van der Waals surface area contributed by atoms with Gasteiger partial charge in [-0.3, -0.25) is 14.5 Å². The fraction of sp³-hybridized carbons (Fsp3) is 0.750. The average molecular weight is 254 g/mol. The fourth-order valence-electron chi connectivity index (χ4n) is 2.48. The summed E-state index contributed by atoms with van der Waals surface area (Å²) in [6.07, 6.45) is 2.79. The van der Waals surface area contributed by atoms with Crippen molar-refractivity contribution in [3.05, 3.63) is 0 Å². The molecule has 1 atom stereocenters. The molecule has 2 aliphatic rings. The lowest BCUT2D eigenvalue weighted by Crippen LogP contribution is -2.55. The van der Waals surface area contributed by atoms with E-state index in [1.54, 1.807) is 0 Å². The highest BCUT2D eigenvalue weighted by molar-refractivity contribution is 7.80. The van der Waals surface area contributed by atoms with Gasteiger partial charge in [0, 0.05) is 12.8 Å². The summed E-state index contributed by atoms with van der Waals surface area (Å²) < 4.78 is 0. The minimum Gasteiger partial charge on any atom is -0.392 e. The van der Waals surface area contributed by atoms with Gasteiger partial charge in [-0.1, -0.05) is 26.1 Å². The molecule has 1 saturated carbocycles. The van der Waals surface area contributed by atoms with Gasteiger partial charge in [-0.15, -0.1) is 0 Å². The van der Waals surface area contributed by atoms with E-state index in [9.17, 15) is 9.59 Å². The van der Waals surface area contributed by atoms with Crippen LogP contribution in [0.5, 0.6) is 0 Å². The molecule has 1 saturated heterocycles. The summed E-state index contributed by atoms with van der Waals surface area (Å²) in [7, 11) is 0. The molecular weight excluding hydrogens is 236 g/mol. The molecule has 2 amide bonds. The Morgan fingerprint density at radius 3 is 2.18 bits per heavy atom. The van der Waals surface area contributed by atoms with E-state index in [4.69, 9.17) is 18.0 Å². The van der Waals surface area contributed by atoms with Crippen molar-refractivity contribution in [1.29, 1.82) is 0 Å². The van der Waals surface area contributed by atoms with Gasteiger partial charge in [0.25, 0.3) is 0 Å². The summed E-state index contributed by atoms with van der Waals surface area (Å²) in [5.41, 5.74) is 5.44. The normalized spacial score (nSPS) is 25.9. The molecule has 4 nitrogen and oxygen atoms in total. The molecule has 0 spiro atoms. The Kier molecular flexibility index (Phi) is 2.97. The van der Waals surface area contributed by atoms with Gasteiger partial charge in [-0.2, -0.15) is 0 Å². The van der Waals surface area contributed by atoms with Crippen molar-refractivity contribution in [2.45, 2.75) is 45.6 Å². The molecule has 1 heterocycles. The number of amides is 2. The highest BCUT2D eigenvalue weighted by atomic mass is 32.1. The average Bonchev–Trinajstić information content (AvgIpc) is 2.91. The van der Waals surface area contributed by atoms with Crippen molar-refractivity contribution in [3.8, 4) is 0 Å². The van der Waals surface area contributed by atoms with Gasteiger partial charge < -0.3 is 5.73 Å². The Balaban J connectivity index is 2.22. The first-order chi connectivity index (χ1) is 7.82. The molecule has 17 heavy (non-hydrogen) atoms. The standard InChI is InChI=1S/C12H18N2O2S/c1-12(2)5-8(15)14(9(16)6-12)10(11(13)17)7-3-4-7/h7,10H,3-6H2,1-2H3,(H2,13,17). The zero-order valence-corrected chi connectivity index (χ0v) is 11.0. The van der Waals surface area contributed by atoms with E-state index < -0.39 is 0 Å². The Hall–Kier alpha value is -0.970. The summed E-state index contributed by atoms with van der Waals surface area (Å²) in [5.74, 6) is 0.0357. The van der Waals surface area contributed by atoms with E-state index in [1.807, 2.05) is 13.8 Å². The maximum absolute atomic E-state index is 12.1. The lowest BCUT2D eigenvalue weighted by Gasteiger charge is -2.38. The van der Waals surface area contributed by atoms with Crippen LogP contribution in [0.2, 0.25) is 0 Å². The summed E-state index contributed by atoms with van der Waals surface area (Å²) in [4.78, 5) is 25.8. The van der Waals surface area contributed by atoms with Gasteiger partial charge in [0.2, 0.25) is 11.8 Å². The molecular formula is C12H18N2O2S. The van der Waals surface area contributed by atoms with Crippen LogP contribution in [0.25, 0.3) is 0 Å². The minimum absolute atomic E-state index is 0.129. The molecule has 1 unspecified atom stereocenters. The second kappa shape index (κ2) is 4.05. The molecule has 2 rings (SSSR count). The van der Waals surface area contributed by atoms with Crippen LogP contribution in [0.3, 0.4) is 0 Å². The maximum atomic E-state index is 12.1. The molecule has 0 aromatic rings. The van der Waals surface area contributed by atoms with Crippen LogP contribution in [0.4, 0.5) is 0 Å². The van der Waals surface area contributed by atoms with Crippen LogP contribution in [0, 0.1) is 11.3 Å². The van der Waals surface area contributed by atoms with E-state index in [2.05, 4.69) is 0 Å². The number of imide groups is 1. The number of likely N-dealkylation sites (tertiary alicyclic amines) is 1. The van der Waals surface area contributed by atoms with Gasteiger partial charge in [0.1, 0.15) is 0 Å². The topological polar surface area (TPSA) is 63.4 Å². The Morgan fingerprint density at radius 2 is 1.82 bits per heavy atom. The summed E-state index contributed by atoms with van der Waals surface area (Å²) in [6.45, 7) is 3.88. The van der Waals surface area contributed by atoms with Crippen LogP contribution < -0.4 is 5.73 Å². The smallest absolute Gasteiger partial charge is 0.230 e. The molecule has 2 N–H and O–H groups in total. The van der Waals surface area contributed by atoms with Gasteiger partial charge in [-0.05, 0) is 24.2 Å². The third kappa shape index (κ3) is 2.49. The number of piperidine rings is 1. The summed E-state index contributed by atoms with van der Waals surface area (Å²) in [5, 5.41) is 0. The predicted octanol–water partition coefficient (Wildman–Crippen LogP) is 1.23. The van der Waals surface area contributed by atoms with Gasteiger partial charge in [-0.25, -0.2) is 0 Å². The lowest BCUT2D eigenvalue weighted by atomic mass is 9.81. The van der Waals surface area contributed by atoms with Gasteiger partial charge in [0.05, 0.1) is 11.0 Å². The van der Waals surface area contributed by atoms with Crippen molar-refractivity contribution >= 4 is 29.0 Å². The first-order valence-electron chi connectivity index (χ1n) is 5.96. The van der Waals surface area contributed by atoms with Crippen molar-refractivity contribution in [2.24, 2.45) is 17.1 Å². The van der Waals surface area contributed by atoms with Crippen molar-refractivity contribution in [1.82, 2.24) is 4.90 Å². The van der Waals surface area contributed by atoms with E-state index in [-0.39, 0.29) is 28.3 Å². The number of nitrogens with two attached hydrogens (primary N) is 1. The van der Waals surface area contributed by atoms with Gasteiger partial charge >= 0.3 is 0 Å². The molecule has 2 fully saturated rings. The highest BCUT2D eigenvalue weighted by Gasteiger charge is 2.46. The fourth-order valence-corrected chi connectivity index (χ4v) is 2.78. The lowest BCUT2D eigenvalue weighted by molar-refractivity contribution is -0.154. The van der Waals surface area contributed by atoms with Crippen molar-refractivity contribution in [2.75, 3.05) is 0 Å². The largest absolute Gasteiger partial charge is 0.392 e. The minimum atomic E-state index is -0.346. The predicted molar refractivity (Wildman–Crippen MR) is 68.2 cm³/mol.